The predicted molar refractivity (Wildman–Crippen MR) is 98.0 cm³/mol. The van der Waals surface area contributed by atoms with E-state index >= 15 is 0 Å². The molecule has 7 nitrogen and oxygen atoms in total. The Kier molecular flexibility index (Phi) is 5.35. The third-order valence-electron chi connectivity index (χ3n) is 4.96. The van der Waals surface area contributed by atoms with E-state index < -0.39 is 17.2 Å². The van der Waals surface area contributed by atoms with Crippen LogP contribution in [0.25, 0.3) is 11.5 Å². The molecule has 3 rings (SSSR count). The van der Waals surface area contributed by atoms with Crippen LogP contribution >= 0.6 is 0 Å². The van der Waals surface area contributed by atoms with Gasteiger partial charge in [-0.3, -0.25) is 9.59 Å². The van der Waals surface area contributed by atoms with Crippen LogP contribution in [0.1, 0.15) is 55.2 Å². The molecule has 1 amide bonds. The van der Waals surface area contributed by atoms with Crippen LogP contribution in [0.3, 0.4) is 0 Å². The molecule has 138 valence electrons. The Labute approximate surface area is 151 Å². The van der Waals surface area contributed by atoms with Crippen LogP contribution in [-0.4, -0.2) is 32.0 Å². The summed E-state index contributed by atoms with van der Waals surface area (Å²) in [6.07, 6.45) is 5.73. The number of amides is 1. The number of hydrogen-bond donors (Lipinski definition) is 3. The van der Waals surface area contributed by atoms with Gasteiger partial charge in [0.2, 0.25) is 5.75 Å². The predicted octanol–water partition coefficient (Wildman–Crippen LogP) is 2.54. The van der Waals surface area contributed by atoms with E-state index in [0.29, 0.717) is 11.6 Å². The summed E-state index contributed by atoms with van der Waals surface area (Å²) in [5, 5.41) is 12.9. The molecule has 3 N–H and O–H groups in total. The van der Waals surface area contributed by atoms with Gasteiger partial charge in [0.25, 0.3) is 11.5 Å². The third-order valence-corrected chi connectivity index (χ3v) is 4.96. The summed E-state index contributed by atoms with van der Waals surface area (Å²) < 4.78 is 0. The third kappa shape index (κ3) is 3.92. The fraction of sp³-hybridized carbons (Fsp3) is 0.474. The Bertz CT molecular complexity index is 856. The highest BCUT2D eigenvalue weighted by Gasteiger charge is 2.25. The van der Waals surface area contributed by atoms with Crippen molar-refractivity contribution in [2.45, 2.75) is 52.0 Å². The number of nitrogens with zero attached hydrogens (tertiary/aromatic N) is 2. The van der Waals surface area contributed by atoms with Gasteiger partial charge < -0.3 is 15.4 Å². The molecule has 2 aromatic heterocycles. The maximum Gasteiger partial charge on any atom is 0.294 e. The molecule has 1 aliphatic carbocycles. The van der Waals surface area contributed by atoms with E-state index in [2.05, 4.69) is 20.3 Å². The molecule has 1 atom stereocenters. The summed E-state index contributed by atoms with van der Waals surface area (Å²) in [5.41, 5.74) is 0.176. The first-order chi connectivity index (χ1) is 12.5. The topological polar surface area (TPSA) is 108 Å². The van der Waals surface area contributed by atoms with Crippen molar-refractivity contribution in [3.63, 3.8) is 0 Å². The average molecular weight is 356 g/mol. The highest BCUT2D eigenvalue weighted by atomic mass is 16.3. The Balaban J connectivity index is 1.86. The lowest BCUT2D eigenvalue weighted by Gasteiger charge is -2.28. The second-order valence-corrected chi connectivity index (χ2v) is 6.94. The molecule has 0 bridgehead atoms. The Morgan fingerprint density at radius 3 is 2.69 bits per heavy atom. The molecule has 1 saturated carbocycles. The Hall–Kier alpha value is -2.70. The van der Waals surface area contributed by atoms with Gasteiger partial charge in [-0.05, 0) is 44.7 Å². The maximum absolute atomic E-state index is 12.6. The van der Waals surface area contributed by atoms with Crippen LogP contribution in [0.2, 0.25) is 0 Å². The van der Waals surface area contributed by atoms with Crippen LogP contribution in [0.5, 0.6) is 5.75 Å². The van der Waals surface area contributed by atoms with Gasteiger partial charge in [0.1, 0.15) is 5.69 Å². The number of pyridine rings is 1. The quantitative estimate of drug-likeness (QED) is 0.780. The first-order valence-corrected chi connectivity index (χ1v) is 9.04. The molecular weight excluding hydrogens is 332 g/mol. The minimum Gasteiger partial charge on any atom is -0.501 e. The second-order valence-electron chi connectivity index (χ2n) is 6.94. The van der Waals surface area contributed by atoms with Crippen molar-refractivity contribution in [2.75, 3.05) is 0 Å². The number of H-pyrrole nitrogens is 1. The fourth-order valence-corrected chi connectivity index (χ4v) is 3.45. The zero-order chi connectivity index (χ0) is 18.7. The monoisotopic (exact) mass is 356 g/mol. The number of aromatic amines is 1. The summed E-state index contributed by atoms with van der Waals surface area (Å²) in [7, 11) is 0. The molecule has 0 radical (unpaired) electrons. The van der Waals surface area contributed by atoms with Crippen LogP contribution in [-0.2, 0) is 0 Å². The molecular formula is C19H24N4O3. The number of hydrogen-bond acceptors (Lipinski definition) is 5. The first kappa shape index (κ1) is 18.1. The number of carbonyl (C=O) groups is 1. The summed E-state index contributed by atoms with van der Waals surface area (Å²) in [6, 6.07) is 5.26. The van der Waals surface area contributed by atoms with Crippen molar-refractivity contribution in [1.29, 1.82) is 0 Å². The smallest absolute Gasteiger partial charge is 0.294 e. The van der Waals surface area contributed by atoms with Crippen molar-refractivity contribution in [3.05, 3.63) is 39.9 Å². The van der Waals surface area contributed by atoms with Gasteiger partial charge in [-0.25, -0.2) is 9.97 Å². The average Bonchev–Trinajstić information content (AvgIpc) is 2.64. The minimum absolute atomic E-state index is 0.0381. The SMILES string of the molecule is Cc1cccc(-c2nc(C(=O)NC(C)C3CCCCC3)c(O)c(=O)[nH]2)n1. The molecule has 1 fully saturated rings. The Morgan fingerprint density at radius 2 is 2.00 bits per heavy atom. The van der Waals surface area contributed by atoms with E-state index in [1.54, 1.807) is 12.1 Å². The van der Waals surface area contributed by atoms with Crippen molar-refractivity contribution in [1.82, 2.24) is 20.3 Å². The zero-order valence-corrected chi connectivity index (χ0v) is 15.1. The molecule has 0 saturated heterocycles. The van der Waals surface area contributed by atoms with E-state index in [1.807, 2.05) is 19.9 Å². The lowest BCUT2D eigenvalue weighted by molar-refractivity contribution is 0.0911. The molecule has 2 aromatic rings. The van der Waals surface area contributed by atoms with Gasteiger partial charge in [0.05, 0.1) is 0 Å². The molecule has 1 aliphatic rings. The van der Waals surface area contributed by atoms with Crippen LogP contribution < -0.4 is 10.9 Å². The van der Waals surface area contributed by atoms with Gasteiger partial charge in [-0.1, -0.05) is 25.3 Å². The van der Waals surface area contributed by atoms with Gasteiger partial charge in [-0.15, -0.1) is 0 Å². The van der Waals surface area contributed by atoms with Gasteiger partial charge in [0, 0.05) is 11.7 Å². The standard InChI is InChI=1S/C19H24N4O3/c1-11-7-6-10-14(20-11)17-22-15(16(24)19(26)23-17)18(25)21-12(2)13-8-4-3-5-9-13/h6-7,10,12-13,24H,3-5,8-9H2,1-2H3,(H,21,25)(H,22,23,26). The fourth-order valence-electron chi connectivity index (χ4n) is 3.45. The lowest BCUT2D eigenvalue weighted by Crippen LogP contribution is -2.39. The number of carbonyl (C=O) groups excluding carboxylic acids is 1. The molecule has 0 spiro atoms. The number of nitrogens with one attached hydrogen (secondary N) is 2. The van der Waals surface area contributed by atoms with E-state index in [-0.39, 0.29) is 17.6 Å². The molecule has 2 heterocycles. The van der Waals surface area contributed by atoms with E-state index in [1.165, 1.54) is 19.3 Å². The number of aromatic nitrogens is 3. The van der Waals surface area contributed by atoms with Gasteiger partial charge in [-0.2, -0.15) is 0 Å². The van der Waals surface area contributed by atoms with Crippen LogP contribution in [0.4, 0.5) is 0 Å². The highest BCUT2D eigenvalue weighted by molar-refractivity contribution is 5.95. The summed E-state index contributed by atoms with van der Waals surface area (Å²) in [5.74, 6) is -0.642. The number of rotatable bonds is 4. The minimum atomic E-state index is -0.756. The lowest BCUT2D eigenvalue weighted by atomic mass is 9.84. The van der Waals surface area contributed by atoms with E-state index in [0.717, 1.165) is 18.5 Å². The summed E-state index contributed by atoms with van der Waals surface area (Å²) in [4.78, 5) is 35.6. The second kappa shape index (κ2) is 7.68. The van der Waals surface area contributed by atoms with Crippen molar-refractivity contribution in [2.24, 2.45) is 5.92 Å². The number of aromatic hydroxyl groups is 1. The molecule has 7 heteroatoms. The largest absolute Gasteiger partial charge is 0.501 e. The van der Waals surface area contributed by atoms with Crippen molar-refractivity contribution in [3.8, 4) is 17.3 Å². The van der Waals surface area contributed by atoms with Gasteiger partial charge in [0.15, 0.2) is 11.5 Å². The molecule has 0 aromatic carbocycles. The molecule has 26 heavy (non-hydrogen) atoms. The molecule has 0 aliphatic heterocycles. The van der Waals surface area contributed by atoms with Crippen LogP contribution in [0, 0.1) is 12.8 Å². The van der Waals surface area contributed by atoms with E-state index in [4.69, 9.17) is 0 Å². The highest BCUT2D eigenvalue weighted by Crippen LogP contribution is 2.26. The summed E-state index contributed by atoms with van der Waals surface area (Å²) >= 11 is 0. The Morgan fingerprint density at radius 1 is 1.27 bits per heavy atom. The van der Waals surface area contributed by atoms with Gasteiger partial charge >= 0.3 is 0 Å². The van der Waals surface area contributed by atoms with Crippen LogP contribution in [0.15, 0.2) is 23.0 Å². The molecule has 1 unspecified atom stereocenters. The maximum atomic E-state index is 12.6. The number of aryl methyl sites for hydroxylation is 1. The first-order valence-electron chi connectivity index (χ1n) is 9.04. The zero-order valence-electron chi connectivity index (χ0n) is 15.1. The van der Waals surface area contributed by atoms with Crippen molar-refractivity contribution >= 4 is 5.91 Å². The van der Waals surface area contributed by atoms with Crippen molar-refractivity contribution < 1.29 is 9.90 Å². The summed E-state index contributed by atoms with van der Waals surface area (Å²) in [6.45, 7) is 3.78. The normalized spacial score (nSPS) is 16.2. The van der Waals surface area contributed by atoms with E-state index in [9.17, 15) is 14.7 Å².